The molecule has 100 heavy (non-hydrogen) atoms. The van der Waals surface area contributed by atoms with Crippen molar-refractivity contribution in [2.75, 3.05) is 32.1 Å². The van der Waals surface area contributed by atoms with Crippen molar-refractivity contribution in [1.82, 2.24) is 21.3 Å². The zero-order valence-corrected chi connectivity index (χ0v) is 59.0. The van der Waals surface area contributed by atoms with Crippen LogP contribution in [0, 0.1) is 50.5 Å². The number of non-ortho nitro benzene ring substituents is 1. The summed E-state index contributed by atoms with van der Waals surface area (Å²) in [6.07, 6.45) is 16.9. The van der Waals surface area contributed by atoms with E-state index in [1.165, 1.54) is 81.2 Å². The molecule has 17 nitrogen and oxygen atoms in total. The van der Waals surface area contributed by atoms with E-state index in [0.717, 1.165) is 70.9 Å². The summed E-state index contributed by atoms with van der Waals surface area (Å²) in [5.74, 6) is 2.62. The van der Waals surface area contributed by atoms with E-state index >= 15 is 0 Å². The van der Waals surface area contributed by atoms with Gasteiger partial charge in [0.1, 0.15) is 30.2 Å². The molecule has 0 aromatic heterocycles. The molecule has 0 heterocycles. The van der Waals surface area contributed by atoms with Gasteiger partial charge < -0.3 is 40.2 Å². The maximum atomic E-state index is 14.7. The summed E-state index contributed by atoms with van der Waals surface area (Å²) in [4.78, 5) is 79.5. The predicted octanol–water partition coefficient (Wildman–Crippen LogP) is 15.9. The molecule has 0 radical (unpaired) electrons. The van der Waals surface area contributed by atoms with Gasteiger partial charge in [0, 0.05) is 50.2 Å². The highest BCUT2D eigenvalue weighted by Crippen LogP contribution is 2.67. The van der Waals surface area contributed by atoms with Gasteiger partial charge in [0.25, 0.3) is 5.69 Å². The Balaban J connectivity index is 0.736. The number of hydrogen-bond acceptors (Lipinski definition) is 12. The highest BCUT2D eigenvalue weighted by Gasteiger charge is 2.59. The van der Waals surface area contributed by atoms with Crippen LogP contribution >= 0.6 is 0 Å². The largest absolute Gasteiger partial charge is 0.514 e. The van der Waals surface area contributed by atoms with Crippen LogP contribution < -0.4 is 36.1 Å². The molecule has 0 saturated heterocycles. The Bertz CT molecular complexity index is 3700. The van der Waals surface area contributed by atoms with E-state index in [2.05, 4.69) is 96.8 Å². The van der Waals surface area contributed by atoms with Crippen LogP contribution in [-0.4, -0.2) is 79.7 Å². The van der Waals surface area contributed by atoms with E-state index in [1.807, 2.05) is 78.9 Å². The number of nitro groups is 1. The molecular weight excluding hydrogens is 1260 g/mol. The average molecular weight is 1360 g/mol. The van der Waals surface area contributed by atoms with Gasteiger partial charge in [0.05, 0.1) is 23.7 Å². The van der Waals surface area contributed by atoms with Gasteiger partial charge in [-0.3, -0.25) is 34.6 Å². The Labute approximate surface area is 590 Å². The predicted molar refractivity (Wildman–Crippen MR) is 390 cm³/mol. The van der Waals surface area contributed by atoms with Crippen molar-refractivity contribution in [3.8, 4) is 11.5 Å². The van der Waals surface area contributed by atoms with Gasteiger partial charge in [-0.2, -0.15) is 0 Å². The Morgan fingerprint density at radius 1 is 0.650 bits per heavy atom. The molecule has 4 aliphatic carbocycles. The number of allylic oxidation sites excluding steroid dienone is 2. The molecular formula is C83H102N6O11. The minimum atomic E-state index is -1.10. The molecule has 3 saturated carbocycles. The Kier molecular flexibility index (Phi) is 25.8. The Morgan fingerprint density at radius 2 is 1.31 bits per heavy atom. The van der Waals surface area contributed by atoms with E-state index in [-0.39, 0.29) is 61.2 Å². The third-order valence-electron chi connectivity index (χ3n) is 22.0. The minimum Gasteiger partial charge on any atom is -0.497 e. The van der Waals surface area contributed by atoms with Gasteiger partial charge >= 0.3 is 6.16 Å². The van der Waals surface area contributed by atoms with Crippen molar-refractivity contribution in [1.29, 1.82) is 0 Å². The molecule has 0 unspecified atom stereocenters. The summed E-state index contributed by atoms with van der Waals surface area (Å²) in [6.45, 7) is 15.8. The van der Waals surface area contributed by atoms with E-state index in [1.54, 1.807) is 36.9 Å². The number of fused-ring (bicyclic) bond motifs is 5. The number of ether oxygens (including phenoxy) is 4. The molecule has 4 aliphatic rings. The van der Waals surface area contributed by atoms with Crippen molar-refractivity contribution in [2.45, 2.75) is 174 Å². The van der Waals surface area contributed by atoms with Crippen LogP contribution in [-0.2, 0) is 47.2 Å². The van der Waals surface area contributed by atoms with Gasteiger partial charge in [-0.15, -0.1) is 0 Å². The second kappa shape index (κ2) is 34.9. The zero-order chi connectivity index (χ0) is 70.7. The number of unbranched alkanes of at least 4 members (excludes halogenated alkanes) is 1. The highest BCUT2D eigenvalue weighted by molar-refractivity contribution is 5.98. The fraction of sp³-hybridized carbons (Fsp3) is 0.458. The summed E-state index contributed by atoms with van der Waals surface area (Å²) in [6, 6.07) is 47.2. The number of benzene rings is 6. The fourth-order valence-corrected chi connectivity index (χ4v) is 16.7. The number of carbonyl (C=O) groups is 5. The van der Waals surface area contributed by atoms with Crippen LogP contribution in [0.3, 0.4) is 0 Å². The van der Waals surface area contributed by atoms with Crippen LogP contribution in [0.1, 0.15) is 165 Å². The molecule has 0 spiro atoms. The topological polar surface area (TPSA) is 226 Å². The van der Waals surface area contributed by atoms with Gasteiger partial charge in [-0.25, -0.2) is 4.79 Å². The monoisotopic (exact) mass is 1360 g/mol. The third kappa shape index (κ3) is 18.7. The first-order valence-corrected chi connectivity index (χ1v) is 36.2. The second-order valence-electron chi connectivity index (χ2n) is 28.9. The van der Waals surface area contributed by atoms with Gasteiger partial charge in [0.2, 0.25) is 23.6 Å². The smallest absolute Gasteiger partial charge is 0.497 e. The lowest BCUT2D eigenvalue weighted by molar-refractivity contribution is -0.384. The zero-order valence-electron chi connectivity index (χ0n) is 59.0. The molecule has 530 valence electrons. The van der Waals surface area contributed by atoms with E-state index in [0.29, 0.717) is 61.5 Å². The normalized spacial score (nSPS) is 21.3. The Morgan fingerprint density at radius 3 is 1.98 bits per heavy atom. The third-order valence-corrected chi connectivity index (χ3v) is 22.0. The van der Waals surface area contributed by atoms with Crippen LogP contribution in [0.5, 0.6) is 11.5 Å². The SMILES string of the molecule is C=C(CCCC(C)C)[C@H]1CC[C@H]2[C@@H]3CC=C4C[C@@H](OCCCNC(=O)CCC(=O)N[C@@H](Cc5ccccc5)C(=O)N[C@@H](CCCCNC(c5ccccc5)(c5ccccc5)c5ccc(OC)cc5)C(=O)Nc5ccc(COC(=O)Oc6ccc([N+](=O)[O-])cc6)cc5)CC[C@]4(C)[C@H]3CC[C@]12C. The van der Waals surface area contributed by atoms with Gasteiger partial charge in [0.15, 0.2) is 0 Å². The number of hydrogen-bond donors (Lipinski definition) is 5. The van der Waals surface area contributed by atoms with Crippen LogP contribution in [0.25, 0.3) is 0 Å². The summed E-state index contributed by atoms with van der Waals surface area (Å²) in [7, 11) is 1.64. The first-order valence-electron chi connectivity index (χ1n) is 36.2. The summed E-state index contributed by atoms with van der Waals surface area (Å²) in [5, 5.41) is 26.8. The molecule has 5 N–H and O–H groups in total. The van der Waals surface area contributed by atoms with Crippen molar-refractivity contribution in [3.05, 3.63) is 226 Å². The molecule has 3 fully saturated rings. The number of carbonyl (C=O) groups excluding carboxylic acids is 5. The number of amides is 4. The molecule has 6 aromatic rings. The lowest BCUT2D eigenvalue weighted by Crippen LogP contribution is -2.53. The molecule has 6 aromatic carbocycles. The molecule has 0 aliphatic heterocycles. The standard InChI is InChI=1S/C83H102N6O11/c1-57(2)20-18-21-58(3)71-43-44-72-70-42-33-64-55-69(47-49-81(64,4)73(70)48-50-82(71,72)5)98-53-19-51-84-76(90)45-46-77(91)87-75(54-59-22-10-7-11-23-59)79(93)88-74(78(92)86-65-34-29-60(30-35-65)56-99-80(94)100-68-40-36-66(37-41-68)89(95)96)28-16-17-52-85-83(61-24-12-8-13-25-61,62-26-14-9-15-27-62)63-31-38-67(97-6)39-32-63/h7-15,22-27,29-41,57,69-75,85H,3,16-21,28,42-56H2,1-2,4-6H3,(H,84,90)(H,86,92)(H,87,91)(H,88,93)/t69-,70-,71+,72-,73-,74-,75-,81-,82+/m0/s1. The lowest BCUT2D eigenvalue weighted by Gasteiger charge is -2.58. The quantitative estimate of drug-likeness (QED) is 0.00484. The average Bonchev–Trinajstić information content (AvgIpc) is 1.41. The number of methoxy groups -OCH3 is 1. The van der Waals surface area contributed by atoms with Crippen molar-refractivity contribution in [3.63, 3.8) is 0 Å². The van der Waals surface area contributed by atoms with Crippen molar-refractivity contribution in [2.24, 2.45) is 40.4 Å². The van der Waals surface area contributed by atoms with E-state index < -0.39 is 46.4 Å². The van der Waals surface area contributed by atoms with Crippen molar-refractivity contribution < 1.29 is 47.8 Å². The number of anilines is 1. The number of rotatable bonds is 34. The first kappa shape index (κ1) is 73.8. The van der Waals surface area contributed by atoms with E-state index in [9.17, 15) is 34.1 Å². The molecule has 4 amide bonds. The molecule has 0 bridgehead atoms. The Hall–Kier alpha value is -8.93. The van der Waals surface area contributed by atoms with E-state index in [4.69, 9.17) is 25.5 Å². The molecule has 17 heteroatoms. The minimum absolute atomic E-state index is 0.0726. The highest BCUT2D eigenvalue weighted by atomic mass is 16.7. The first-order chi connectivity index (χ1) is 48.3. The fourth-order valence-electron chi connectivity index (χ4n) is 16.7. The second-order valence-corrected chi connectivity index (χ2v) is 28.9. The summed E-state index contributed by atoms with van der Waals surface area (Å²) < 4.78 is 22.5. The molecule has 9 atom stereocenters. The molecule has 10 rings (SSSR count). The van der Waals surface area contributed by atoms with Gasteiger partial charge in [-0.05, 0) is 201 Å². The number of nitro benzene ring substituents is 1. The summed E-state index contributed by atoms with van der Waals surface area (Å²) in [5.41, 5.74) is 7.59. The maximum absolute atomic E-state index is 14.7. The number of nitrogens with one attached hydrogen (secondary N) is 5. The number of nitrogens with zero attached hydrogens (tertiary/aromatic N) is 1. The van der Waals surface area contributed by atoms with Crippen LogP contribution in [0.4, 0.5) is 16.2 Å². The van der Waals surface area contributed by atoms with Crippen LogP contribution in [0.2, 0.25) is 0 Å². The van der Waals surface area contributed by atoms with Crippen LogP contribution in [0.15, 0.2) is 188 Å². The van der Waals surface area contributed by atoms with Crippen molar-refractivity contribution >= 4 is 41.2 Å². The summed E-state index contributed by atoms with van der Waals surface area (Å²) >= 11 is 0. The lowest BCUT2D eigenvalue weighted by atomic mass is 9.47. The maximum Gasteiger partial charge on any atom is 0.514 e. The van der Waals surface area contributed by atoms with Gasteiger partial charge in [-0.1, -0.05) is 173 Å².